The average Bonchev–Trinajstić information content (AvgIpc) is 2.68. The zero-order valence-corrected chi connectivity index (χ0v) is 17.7. The second-order valence-electron chi connectivity index (χ2n) is 7.18. The fourth-order valence-corrected chi connectivity index (χ4v) is 2.97. The summed E-state index contributed by atoms with van der Waals surface area (Å²) in [6.07, 6.45) is 12.6. The summed E-state index contributed by atoms with van der Waals surface area (Å²) >= 11 is 0. The molecule has 6 N–H and O–H groups in total. The van der Waals surface area contributed by atoms with Gasteiger partial charge in [-0.3, -0.25) is 20.2 Å². The number of carbonyl (C=O) groups excluding carboxylic acids is 2. The van der Waals surface area contributed by atoms with Gasteiger partial charge in [0.1, 0.15) is 12.3 Å². The molecule has 27 heavy (non-hydrogen) atoms. The largest absolute Gasteiger partial charge is 0.357 e. The highest BCUT2D eigenvalue weighted by Gasteiger charge is 2.18. The minimum Gasteiger partial charge on any atom is -0.357 e. The van der Waals surface area contributed by atoms with Crippen molar-refractivity contribution in [1.29, 1.82) is 0 Å². The second-order valence-corrected chi connectivity index (χ2v) is 7.18. The minimum absolute atomic E-state index is 0.0357. The Morgan fingerprint density at radius 1 is 0.889 bits per heavy atom. The number of hydrogen-bond donors (Lipinski definition) is 5. The molecular formula is C20H43N5O2. The normalized spacial score (nSPS) is 13.2. The Labute approximate surface area is 166 Å². The van der Waals surface area contributed by atoms with Crippen LogP contribution < -0.4 is 27.0 Å². The van der Waals surface area contributed by atoms with Gasteiger partial charge in [0.15, 0.2) is 0 Å². The number of hydrogen-bond acceptors (Lipinski definition) is 5. The van der Waals surface area contributed by atoms with Gasteiger partial charge >= 0.3 is 0 Å². The molecule has 0 aliphatic heterocycles. The van der Waals surface area contributed by atoms with Crippen LogP contribution in [0.3, 0.4) is 0 Å². The van der Waals surface area contributed by atoms with Gasteiger partial charge in [0.2, 0.25) is 11.8 Å². The van der Waals surface area contributed by atoms with Crippen LogP contribution in [0.5, 0.6) is 0 Å². The molecular weight excluding hydrogens is 342 g/mol. The molecule has 2 atom stereocenters. The van der Waals surface area contributed by atoms with E-state index in [0.29, 0.717) is 19.4 Å². The molecule has 0 heterocycles. The Balaban J connectivity index is 3.87. The average molecular weight is 386 g/mol. The number of nitrogens with two attached hydrogens (primary N) is 1. The third kappa shape index (κ3) is 15.6. The van der Waals surface area contributed by atoms with Gasteiger partial charge in [0.25, 0.3) is 0 Å². The van der Waals surface area contributed by atoms with E-state index in [0.717, 1.165) is 19.3 Å². The quantitative estimate of drug-likeness (QED) is 0.183. The van der Waals surface area contributed by atoms with Crippen molar-refractivity contribution in [3.05, 3.63) is 0 Å². The van der Waals surface area contributed by atoms with Crippen molar-refractivity contribution in [3.63, 3.8) is 0 Å². The first-order chi connectivity index (χ1) is 13.0. The molecule has 2 amide bonds. The topological polar surface area (TPSA) is 108 Å². The van der Waals surface area contributed by atoms with E-state index in [-0.39, 0.29) is 18.1 Å². The van der Waals surface area contributed by atoms with E-state index < -0.39 is 6.04 Å². The van der Waals surface area contributed by atoms with Crippen molar-refractivity contribution in [2.75, 3.05) is 20.6 Å². The molecule has 7 nitrogen and oxygen atoms in total. The maximum Gasteiger partial charge on any atom is 0.242 e. The van der Waals surface area contributed by atoms with Crippen LogP contribution in [0, 0.1) is 0 Å². The highest BCUT2D eigenvalue weighted by atomic mass is 16.2. The molecule has 0 rings (SSSR count). The van der Waals surface area contributed by atoms with Crippen LogP contribution in [0.4, 0.5) is 0 Å². The van der Waals surface area contributed by atoms with E-state index in [9.17, 15) is 9.59 Å². The summed E-state index contributed by atoms with van der Waals surface area (Å²) < 4.78 is 0. The third-order valence-electron chi connectivity index (χ3n) is 4.75. The van der Waals surface area contributed by atoms with E-state index in [2.05, 4.69) is 28.2 Å². The molecule has 7 heteroatoms. The molecule has 160 valence electrons. The summed E-state index contributed by atoms with van der Waals surface area (Å²) in [5.74, 6) is -0.181. The Hall–Kier alpha value is -1.18. The fraction of sp³-hybridized carbons (Fsp3) is 0.900. The SMILES string of the molecule is CCCCCCCCCCCC(=O)N[C@@H](CCCNC(N)NC)C(=O)NC. The second kappa shape index (κ2) is 18.2. The fourth-order valence-electron chi connectivity index (χ4n) is 2.97. The van der Waals surface area contributed by atoms with E-state index in [1.165, 1.54) is 44.9 Å². The van der Waals surface area contributed by atoms with Gasteiger partial charge in [-0.05, 0) is 32.9 Å². The Morgan fingerprint density at radius 3 is 2.04 bits per heavy atom. The number of unbranched alkanes of at least 4 members (excludes halogenated alkanes) is 8. The summed E-state index contributed by atoms with van der Waals surface area (Å²) in [7, 11) is 3.37. The van der Waals surface area contributed by atoms with Crippen LogP contribution in [0.15, 0.2) is 0 Å². The monoisotopic (exact) mass is 385 g/mol. The Bertz CT molecular complexity index is 379. The summed E-state index contributed by atoms with van der Waals surface area (Å²) in [6, 6.07) is -0.478. The molecule has 0 aliphatic rings. The minimum atomic E-state index is -0.478. The van der Waals surface area contributed by atoms with Gasteiger partial charge in [-0.2, -0.15) is 0 Å². The van der Waals surface area contributed by atoms with E-state index in [1.807, 2.05) is 0 Å². The van der Waals surface area contributed by atoms with Crippen LogP contribution in [-0.2, 0) is 9.59 Å². The summed E-state index contributed by atoms with van der Waals surface area (Å²) in [4.78, 5) is 24.1. The highest BCUT2D eigenvalue weighted by molar-refractivity contribution is 5.87. The van der Waals surface area contributed by atoms with Crippen molar-refractivity contribution in [2.24, 2.45) is 5.73 Å². The first kappa shape index (κ1) is 25.8. The maximum absolute atomic E-state index is 12.1. The van der Waals surface area contributed by atoms with Crippen LogP contribution in [0.1, 0.15) is 84.0 Å². The van der Waals surface area contributed by atoms with Crippen molar-refractivity contribution in [3.8, 4) is 0 Å². The van der Waals surface area contributed by atoms with Crippen LogP contribution in [0.25, 0.3) is 0 Å². The summed E-state index contributed by atoms with van der Waals surface area (Å²) in [6.45, 7) is 2.92. The Morgan fingerprint density at radius 2 is 1.48 bits per heavy atom. The van der Waals surface area contributed by atoms with Gasteiger partial charge in [-0.1, -0.05) is 58.3 Å². The first-order valence-corrected chi connectivity index (χ1v) is 10.7. The Kier molecular flexibility index (Phi) is 17.4. The molecule has 0 saturated heterocycles. The number of likely N-dealkylation sites (N-methyl/N-ethyl adjacent to an activating group) is 1. The molecule has 0 radical (unpaired) electrons. The predicted molar refractivity (Wildman–Crippen MR) is 112 cm³/mol. The molecule has 0 bridgehead atoms. The number of amides is 2. The van der Waals surface area contributed by atoms with Gasteiger partial charge in [-0.15, -0.1) is 0 Å². The van der Waals surface area contributed by atoms with Crippen molar-refractivity contribution >= 4 is 11.8 Å². The van der Waals surface area contributed by atoms with E-state index in [4.69, 9.17) is 5.73 Å². The lowest BCUT2D eigenvalue weighted by Gasteiger charge is -2.18. The lowest BCUT2D eigenvalue weighted by atomic mass is 10.1. The molecule has 0 fully saturated rings. The van der Waals surface area contributed by atoms with Crippen molar-refractivity contribution in [2.45, 2.75) is 96.3 Å². The molecule has 0 aromatic carbocycles. The zero-order chi connectivity index (χ0) is 20.3. The van der Waals surface area contributed by atoms with Crippen molar-refractivity contribution in [1.82, 2.24) is 21.3 Å². The van der Waals surface area contributed by atoms with E-state index >= 15 is 0 Å². The van der Waals surface area contributed by atoms with Crippen LogP contribution in [0.2, 0.25) is 0 Å². The van der Waals surface area contributed by atoms with Gasteiger partial charge in [0, 0.05) is 13.5 Å². The number of carbonyl (C=O) groups is 2. The zero-order valence-electron chi connectivity index (χ0n) is 17.7. The number of rotatable bonds is 18. The smallest absolute Gasteiger partial charge is 0.242 e. The van der Waals surface area contributed by atoms with Crippen LogP contribution >= 0.6 is 0 Å². The van der Waals surface area contributed by atoms with Crippen LogP contribution in [-0.4, -0.2) is 44.8 Å². The first-order valence-electron chi connectivity index (χ1n) is 10.7. The van der Waals surface area contributed by atoms with Gasteiger partial charge in [0.05, 0.1) is 0 Å². The molecule has 1 unspecified atom stereocenters. The van der Waals surface area contributed by atoms with Gasteiger partial charge < -0.3 is 16.4 Å². The molecule has 0 aromatic rings. The summed E-state index contributed by atoms with van der Waals surface area (Å²) in [5, 5.41) is 11.5. The molecule has 0 aliphatic carbocycles. The third-order valence-corrected chi connectivity index (χ3v) is 4.75. The van der Waals surface area contributed by atoms with E-state index in [1.54, 1.807) is 14.1 Å². The maximum atomic E-state index is 12.1. The summed E-state index contributed by atoms with van der Waals surface area (Å²) in [5.41, 5.74) is 5.71. The molecule has 0 spiro atoms. The predicted octanol–water partition coefficient (Wildman–Crippen LogP) is 1.97. The standard InChI is InChI=1S/C20H43N5O2/c1-4-5-6-7-8-9-10-11-12-15-18(26)25-17(19(27)22-2)14-13-16-24-20(21)23-3/h17,20,23-24H,4-16,21H2,1-3H3,(H,22,27)(H,25,26)/t17-,20?/m0/s1. The lowest BCUT2D eigenvalue weighted by Crippen LogP contribution is -2.49. The highest BCUT2D eigenvalue weighted by Crippen LogP contribution is 2.10. The van der Waals surface area contributed by atoms with Crippen molar-refractivity contribution < 1.29 is 9.59 Å². The molecule has 0 aromatic heterocycles. The number of nitrogens with one attached hydrogen (secondary N) is 4. The van der Waals surface area contributed by atoms with Gasteiger partial charge in [-0.25, -0.2) is 0 Å². The molecule has 0 saturated carbocycles. The lowest BCUT2D eigenvalue weighted by molar-refractivity contribution is -0.129.